The number of aryl methyl sites for hydroxylation is 1. The number of benzene rings is 1. The van der Waals surface area contributed by atoms with Crippen molar-refractivity contribution < 1.29 is 9.59 Å². The van der Waals surface area contributed by atoms with Crippen LogP contribution < -0.4 is 15.5 Å². The van der Waals surface area contributed by atoms with E-state index < -0.39 is 5.92 Å². The summed E-state index contributed by atoms with van der Waals surface area (Å²) >= 11 is 0. The maximum Gasteiger partial charge on any atom is 0.228 e. The topological polar surface area (TPSA) is 79.3 Å². The molecule has 0 spiro atoms. The van der Waals surface area contributed by atoms with Gasteiger partial charge in [0.05, 0.1) is 17.1 Å². The van der Waals surface area contributed by atoms with Crippen LogP contribution in [0.15, 0.2) is 18.2 Å². The summed E-state index contributed by atoms with van der Waals surface area (Å²) in [5.74, 6) is 0.368. The lowest BCUT2D eigenvalue weighted by atomic mass is 9.89. The number of aromatic nitrogens is 2. The van der Waals surface area contributed by atoms with Crippen molar-refractivity contribution in [1.29, 1.82) is 0 Å². The first-order chi connectivity index (χ1) is 16.1. The van der Waals surface area contributed by atoms with Crippen molar-refractivity contribution in [1.82, 2.24) is 20.4 Å². The van der Waals surface area contributed by atoms with Crippen molar-refractivity contribution in [3.63, 3.8) is 0 Å². The van der Waals surface area contributed by atoms with E-state index in [1.807, 2.05) is 11.7 Å². The van der Waals surface area contributed by atoms with Gasteiger partial charge in [-0.1, -0.05) is 19.3 Å². The number of nitrogens with one attached hydrogen (secondary N) is 2. The second-order valence-corrected chi connectivity index (χ2v) is 9.79. The Morgan fingerprint density at radius 1 is 1.18 bits per heavy atom. The van der Waals surface area contributed by atoms with Crippen molar-refractivity contribution in [2.24, 2.45) is 13.0 Å². The molecule has 1 aromatic heterocycles. The zero-order chi connectivity index (χ0) is 23.2. The summed E-state index contributed by atoms with van der Waals surface area (Å²) < 4.78 is 1.86. The molecule has 2 heterocycles. The highest BCUT2D eigenvalue weighted by atomic mass is 16.1. The van der Waals surface area contributed by atoms with Crippen LogP contribution in [0.25, 0.3) is 10.9 Å². The highest BCUT2D eigenvalue weighted by Gasteiger charge is 2.26. The summed E-state index contributed by atoms with van der Waals surface area (Å²) in [6.45, 7) is 3.29. The standard InChI is InChI=1S/C26H39N5O2/c1-27-26(33)23(9-6-16-32)25-22-11-10-21(17-24(22)30(2)29-25)31-14-12-20(13-15-31)28-18-19-7-4-3-5-8-19/h10-11,16-17,19-20,23,28H,3-9,12-15,18H2,1-2H3,(H,27,33). The molecule has 1 aliphatic carbocycles. The fraction of sp³-hybridized carbons (Fsp3) is 0.654. The molecule has 7 nitrogen and oxygen atoms in total. The van der Waals surface area contributed by atoms with Crippen LogP contribution in [-0.4, -0.2) is 54.7 Å². The number of hydrogen-bond donors (Lipinski definition) is 2. The average molecular weight is 454 g/mol. The predicted molar refractivity (Wildman–Crippen MR) is 133 cm³/mol. The van der Waals surface area contributed by atoms with Crippen LogP contribution in [0.2, 0.25) is 0 Å². The molecule has 0 bridgehead atoms. The zero-order valence-electron chi connectivity index (χ0n) is 20.2. The van der Waals surface area contributed by atoms with Crippen molar-refractivity contribution in [3.05, 3.63) is 23.9 Å². The molecule has 2 N–H and O–H groups in total. The normalized spacial score (nSPS) is 19.0. The summed E-state index contributed by atoms with van der Waals surface area (Å²) in [6.07, 6.45) is 11.1. The SMILES string of the molecule is CNC(=O)C(CCC=O)c1nn(C)c2cc(N3CCC(NCC4CCCCC4)CC3)ccc12. The Hall–Kier alpha value is -2.41. The third kappa shape index (κ3) is 5.57. The van der Waals surface area contributed by atoms with Gasteiger partial charge in [-0.05, 0) is 62.8 Å². The molecule has 1 aliphatic heterocycles. The van der Waals surface area contributed by atoms with E-state index in [9.17, 15) is 9.59 Å². The maximum absolute atomic E-state index is 12.5. The van der Waals surface area contributed by atoms with Gasteiger partial charge >= 0.3 is 0 Å². The van der Waals surface area contributed by atoms with Gasteiger partial charge in [0, 0.05) is 50.7 Å². The smallest absolute Gasteiger partial charge is 0.228 e. The fourth-order valence-corrected chi connectivity index (χ4v) is 5.60. The maximum atomic E-state index is 12.5. The summed E-state index contributed by atoms with van der Waals surface area (Å²) in [5, 5.41) is 12.3. The van der Waals surface area contributed by atoms with Crippen LogP contribution in [0.4, 0.5) is 5.69 Å². The molecule has 1 saturated heterocycles. The largest absolute Gasteiger partial charge is 0.371 e. The summed E-state index contributed by atoms with van der Waals surface area (Å²) in [5.41, 5.74) is 3.00. The van der Waals surface area contributed by atoms with Crippen molar-refractivity contribution in [2.75, 3.05) is 31.6 Å². The van der Waals surface area contributed by atoms with Gasteiger partial charge in [-0.15, -0.1) is 0 Å². The number of nitrogens with zero attached hydrogens (tertiary/aromatic N) is 3. The number of piperidine rings is 1. The Bertz CT molecular complexity index is 942. The molecule has 7 heteroatoms. The number of anilines is 1. The van der Waals surface area contributed by atoms with Gasteiger partial charge in [0.25, 0.3) is 0 Å². The molecule has 1 amide bonds. The number of hydrogen-bond acceptors (Lipinski definition) is 5. The van der Waals surface area contributed by atoms with E-state index in [2.05, 4.69) is 33.7 Å². The van der Waals surface area contributed by atoms with Gasteiger partial charge in [-0.2, -0.15) is 5.10 Å². The van der Waals surface area contributed by atoms with Crippen LogP contribution in [0.1, 0.15) is 69.4 Å². The minimum atomic E-state index is -0.416. The Morgan fingerprint density at radius 3 is 2.64 bits per heavy atom. The molecular weight excluding hydrogens is 414 g/mol. The number of likely N-dealkylation sites (N-methyl/N-ethyl adjacent to an activating group) is 1. The Morgan fingerprint density at radius 2 is 1.94 bits per heavy atom. The van der Waals surface area contributed by atoms with Gasteiger partial charge < -0.3 is 20.3 Å². The third-order valence-electron chi connectivity index (χ3n) is 7.61. The number of carbonyl (C=O) groups excluding carboxylic acids is 2. The molecule has 0 radical (unpaired) electrons. The Balaban J connectivity index is 1.41. The lowest BCUT2D eigenvalue weighted by Crippen LogP contribution is -2.44. The molecule has 1 aromatic carbocycles. The van der Waals surface area contributed by atoms with Gasteiger partial charge in [-0.3, -0.25) is 9.48 Å². The van der Waals surface area contributed by atoms with Gasteiger partial charge in [-0.25, -0.2) is 0 Å². The molecule has 2 aromatic rings. The van der Waals surface area contributed by atoms with Gasteiger partial charge in [0.2, 0.25) is 5.91 Å². The number of rotatable bonds is 9. The van der Waals surface area contributed by atoms with Crippen LogP contribution in [0.5, 0.6) is 0 Å². The van der Waals surface area contributed by atoms with E-state index in [1.165, 1.54) is 57.2 Å². The molecule has 180 valence electrons. The first-order valence-electron chi connectivity index (χ1n) is 12.7. The second kappa shape index (κ2) is 11.1. The first-order valence-corrected chi connectivity index (χ1v) is 12.7. The van der Waals surface area contributed by atoms with E-state index in [-0.39, 0.29) is 5.91 Å². The fourth-order valence-electron chi connectivity index (χ4n) is 5.60. The molecule has 2 fully saturated rings. The van der Waals surface area contributed by atoms with E-state index >= 15 is 0 Å². The lowest BCUT2D eigenvalue weighted by molar-refractivity contribution is -0.122. The second-order valence-electron chi connectivity index (χ2n) is 9.79. The molecule has 4 rings (SSSR count). The van der Waals surface area contributed by atoms with Crippen LogP contribution >= 0.6 is 0 Å². The van der Waals surface area contributed by atoms with Crippen molar-refractivity contribution >= 4 is 28.8 Å². The quantitative estimate of drug-likeness (QED) is 0.568. The molecule has 33 heavy (non-hydrogen) atoms. The Kier molecular flexibility index (Phi) is 8.02. The van der Waals surface area contributed by atoms with E-state index in [0.29, 0.717) is 18.9 Å². The predicted octanol–water partition coefficient (Wildman–Crippen LogP) is 3.52. The van der Waals surface area contributed by atoms with Crippen molar-refractivity contribution in [3.8, 4) is 0 Å². The first kappa shape index (κ1) is 23.7. The number of amides is 1. The minimum absolute atomic E-state index is 0.0938. The third-order valence-corrected chi connectivity index (χ3v) is 7.61. The van der Waals surface area contributed by atoms with E-state index in [1.54, 1.807) is 7.05 Å². The van der Waals surface area contributed by atoms with Crippen LogP contribution in [0, 0.1) is 5.92 Å². The minimum Gasteiger partial charge on any atom is -0.371 e. The Labute approximate surface area is 197 Å². The number of fused-ring (bicyclic) bond motifs is 1. The van der Waals surface area contributed by atoms with E-state index in [4.69, 9.17) is 5.10 Å². The molecular formula is C26H39N5O2. The average Bonchev–Trinajstić information content (AvgIpc) is 3.19. The number of carbonyl (C=O) groups is 2. The van der Waals surface area contributed by atoms with Crippen molar-refractivity contribution in [2.45, 2.75) is 69.7 Å². The van der Waals surface area contributed by atoms with Crippen LogP contribution in [-0.2, 0) is 16.6 Å². The van der Waals surface area contributed by atoms with Gasteiger partial charge in [0.15, 0.2) is 0 Å². The van der Waals surface area contributed by atoms with Crippen LogP contribution in [0.3, 0.4) is 0 Å². The highest BCUT2D eigenvalue weighted by Crippen LogP contribution is 2.32. The molecule has 1 saturated carbocycles. The molecule has 2 aliphatic rings. The highest BCUT2D eigenvalue weighted by molar-refractivity contribution is 5.92. The monoisotopic (exact) mass is 453 g/mol. The summed E-state index contributed by atoms with van der Waals surface area (Å²) in [6, 6.07) is 7.07. The molecule has 1 unspecified atom stereocenters. The zero-order valence-corrected chi connectivity index (χ0v) is 20.2. The van der Waals surface area contributed by atoms with Gasteiger partial charge in [0.1, 0.15) is 6.29 Å². The summed E-state index contributed by atoms with van der Waals surface area (Å²) in [4.78, 5) is 25.9. The summed E-state index contributed by atoms with van der Waals surface area (Å²) in [7, 11) is 3.56. The lowest BCUT2D eigenvalue weighted by Gasteiger charge is -2.35. The van der Waals surface area contributed by atoms with E-state index in [0.717, 1.165) is 41.9 Å². The molecule has 1 atom stereocenters. The number of aldehydes is 1.